The Morgan fingerprint density at radius 3 is 2.61 bits per heavy atom. The van der Waals surface area contributed by atoms with Crippen LogP contribution in [0, 0.1) is 0 Å². The van der Waals surface area contributed by atoms with Crippen molar-refractivity contribution in [1.82, 2.24) is 10.5 Å². The first-order valence-electron chi connectivity index (χ1n) is 7.30. The molecule has 0 radical (unpaired) electrons. The minimum Gasteiger partial charge on any atom is -0.360 e. The molecule has 3 N–H and O–H groups in total. The van der Waals surface area contributed by atoms with Crippen molar-refractivity contribution in [2.24, 2.45) is 5.14 Å². The van der Waals surface area contributed by atoms with Gasteiger partial charge < -0.3 is 9.84 Å². The van der Waals surface area contributed by atoms with Crippen molar-refractivity contribution in [2.45, 2.75) is 30.1 Å². The molecular weight excluding hydrogens is 318 g/mol. The number of rotatable bonds is 6. The van der Waals surface area contributed by atoms with Gasteiger partial charge in [0.25, 0.3) is 5.91 Å². The smallest absolute Gasteiger partial charge is 0.273 e. The van der Waals surface area contributed by atoms with Crippen LogP contribution >= 0.6 is 0 Å². The van der Waals surface area contributed by atoms with Crippen LogP contribution in [0.4, 0.5) is 0 Å². The van der Waals surface area contributed by atoms with E-state index in [-0.39, 0.29) is 16.5 Å². The molecule has 8 heteroatoms. The quantitative estimate of drug-likeness (QED) is 0.822. The molecule has 0 unspecified atom stereocenters. The zero-order chi connectivity index (χ0) is 16.4. The number of carbonyl (C=O) groups excluding carboxylic acids is 1. The summed E-state index contributed by atoms with van der Waals surface area (Å²) < 4.78 is 27.5. The third kappa shape index (κ3) is 3.96. The molecular formula is C15H17N3O4S. The third-order valence-electron chi connectivity index (χ3n) is 3.69. The van der Waals surface area contributed by atoms with Gasteiger partial charge in [0.1, 0.15) is 5.76 Å². The van der Waals surface area contributed by atoms with Crippen molar-refractivity contribution < 1.29 is 17.7 Å². The monoisotopic (exact) mass is 335 g/mol. The fraction of sp³-hybridized carbons (Fsp3) is 0.333. The number of nitrogens with two attached hydrogens (primary N) is 1. The van der Waals surface area contributed by atoms with Gasteiger partial charge in [0, 0.05) is 18.5 Å². The largest absolute Gasteiger partial charge is 0.360 e. The number of hydrogen-bond donors (Lipinski definition) is 2. The molecule has 1 aliphatic carbocycles. The average Bonchev–Trinajstić information content (AvgIpc) is 3.24. The number of benzene rings is 1. The van der Waals surface area contributed by atoms with Crippen LogP contribution in [0.1, 0.15) is 40.6 Å². The third-order valence-corrected chi connectivity index (χ3v) is 4.62. The number of amides is 1. The molecule has 1 aromatic carbocycles. The number of carbonyl (C=O) groups is 1. The zero-order valence-electron chi connectivity index (χ0n) is 12.4. The van der Waals surface area contributed by atoms with Gasteiger partial charge in [-0.1, -0.05) is 17.3 Å². The molecule has 1 aliphatic rings. The van der Waals surface area contributed by atoms with Crippen molar-refractivity contribution in [3.05, 3.63) is 47.3 Å². The van der Waals surface area contributed by atoms with Gasteiger partial charge >= 0.3 is 0 Å². The summed E-state index contributed by atoms with van der Waals surface area (Å²) in [6, 6.07) is 7.94. The predicted molar refractivity (Wildman–Crippen MR) is 82.3 cm³/mol. The fourth-order valence-electron chi connectivity index (χ4n) is 2.21. The van der Waals surface area contributed by atoms with Crippen molar-refractivity contribution in [3.8, 4) is 0 Å². The van der Waals surface area contributed by atoms with E-state index in [1.54, 1.807) is 18.2 Å². The molecule has 122 valence electrons. The number of hydrogen-bond acceptors (Lipinski definition) is 5. The molecule has 0 saturated heterocycles. The average molecular weight is 335 g/mol. The van der Waals surface area contributed by atoms with E-state index < -0.39 is 10.0 Å². The number of primary sulfonamides is 1. The van der Waals surface area contributed by atoms with Crippen LogP contribution < -0.4 is 10.5 Å². The highest BCUT2D eigenvalue weighted by Gasteiger charge is 2.28. The summed E-state index contributed by atoms with van der Waals surface area (Å²) in [6.07, 6.45) is 2.75. The van der Waals surface area contributed by atoms with Gasteiger partial charge in [-0.3, -0.25) is 4.79 Å². The van der Waals surface area contributed by atoms with Gasteiger partial charge in [-0.05, 0) is 37.0 Å². The van der Waals surface area contributed by atoms with Gasteiger partial charge in [-0.25, -0.2) is 13.6 Å². The SMILES string of the molecule is NS(=O)(=O)c1ccc(CCNC(=O)c2cc(C3CC3)on2)cc1. The molecule has 1 amide bonds. The highest BCUT2D eigenvalue weighted by Crippen LogP contribution is 2.40. The number of sulfonamides is 1. The molecule has 2 aromatic rings. The Hall–Kier alpha value is -2.19. The zero-order valence-corrected chi connectivity index (χ0v) is 13.2. The van der Waals surface area contributed by atoms with E-state index in [2.05, 4.69) is 10.5 Å². The topological polar surface area (TPSA) is 115 Å². The standard InChI is InChI=1S/C15H17N3O4S/c16-23(20,21)12-5-1-10(2-6-12)7-8-17-15(19)13-9-14(22-18-13)11-3-4-11/h1-2,5-6,9,11H,3-4,7-8H2,(H,17,19)(H2,16,20,21). The van der Waals surface area contributed by atoms with Crippen LogP contribution in [0.25, 0.3) is 0 Å². The van der Waals surface area contributed by atoms with Crippen LogP contribution in [0.3, 0.4) is 0 Å². The van der Waals surface area contributed by atoms with Crippen LogP contribution in [0.15, 0.2) is 39.8 Å². The molecule has 1 aromatic heterocycles. The summed E-state index contributed by atoms with van der Waals surface area (Å²) in [7, 11) is -3.68. The summed E-state index contributed by atoms with van der Waals surface area (Å²) in [5.74, 6) is 0.914. The van der Waals surface area contributed by atoms with Crippen LogP contribution in [-0.4, -0.2) is 26.0 Å². The fourth-order valence-corrected chi connectivity index (χ4v) is 2.73. The van der Waals surface area contributed by atoms with E-state index in [0.717, 1.165) is 24.2 Å². The Balaban J connectivity index is 1.51. The summed E-state index contributed by atoms with van der Waals surface area (Å²) in [4.78, 5) is 12.0. The molecule has 0 aliphatic heterocycles. The van der Waals surface area contributed by atoms with E-state index >= 15 is 0 Å². The summed E-state index contributed by atoms with van der Waals surface area (Å²) in [5, 5.41) is 11.6. The first-order valence-corrected chi connectivity index (χ1v) is 8.84. The maximum absolute atomic E-state index is 11.9. The summed E-state index contributed by atoms with van der Waals surface area (Å²) in [6.45, 7) is 0.416. The number of nitrogens with one attached hydrogen (secondary N) is 1. The normalized spacial score (nSPS) is 14.7. The Morgan fingerprint density at radius 2 is 2.00 bits per heavy atom. The van der Waals surface area contributed by atoms with Crippen molar-refractivity contribution in [1.29, 1.82) is 0 Å². The first kappa shape index (κ1) is 15.7. The Morgan fingerprint density at radius 1 is 1.30 bits per heavy atom. The lowest BCUT2D eigenvalue weighted by Gasteiger charge is -2.04. The molecule has 0 atom stereocenters. The lowest BCUT2D eigenvalue weighted by atomic mass is 10.1. The molecule has 7 nitrogen and oxygen atoms in total. The van der Waals surface area contributed by atoms with Gasteiger partial charge in [0.2, 0.25) is 10.0 Å². The maximum Gasteiger partial charge on any atom is 0.273 e. The second-order valence-corrected chi connectivity index (χ2v) is 7.15. The van der Waals surface area contributed by atoms with Gasteiger partial charge in [0.05, 0.1) is 4.90 Å². The van der Waals surface area contributed by atoms with E-state index in [1.807, 2.05) is 0 Å². The van der Waals surface area contributed by atoms with E-state index in [1.165, 1.54) is 12.1 Å². The second kappa shape index (κ2) is 6.13. The molecule has 1 heterocycles. The van der Waals surface area contributed by atoms with Crippen LogP contribution in [-0.2, 0) is 16.4 Å². The minimum absolute atomic E-state index is 0.0699. The molecule has 0 bridgehead atoms. The minimum atomic E-state index is -3.68. The van der Waals surface area contributed by atoms with Gasteiger partial charge in [0.15, 0.2) is 5.69 Å². The highest BCUT2D eigenvalue weighted by atomic mass is 32.2. The van der Waals surface area contributed by atoms with Crippen LogP contribution in [0.2, 0.25) is 0 Å². The Bertz CT molecular complexity index is 808. The Kier molecular flexibility index (Phi) is 4.18. The lowest BCUT2D eigenvalue weighted by molar-refractivity contribution is 0.0945. The lowest BCUT2D eigenvalue weighted by Crippen LogP contribution is -2.25. The van der Waals surface area contributed by atoms with Crippen molar-refractivity contribution in [2.75, 3.05) is 6.54 Å². The molecule has 1 saturated carbocycles. The predicted octanol–water partition coefficient (Wildman–Crippen LogP) is 1.17. The summed E-state index contributed by atoms with van der Waals surface area (Å²) >= 11 is 0. The van der Waals surface area contributed by atoms with Crippen molar-refractivity contribution >= 4 is 15.9 Å². The van der Waals surface area contributed by atoms with Crippen LogP contribution in [0.5, 0.6) is 0 Å². The molecule has 1 fully saturated rings. The molecule has 0 spiro atoms. The van der Waals surface area contributed by atoms with E-state index in [9.17, 15) is 13.2 Å². The van der Waals surface area contributed by atoms with Gasteiger partial charge in [-0.2, -0.15) is 0 Å². The van der Waals surface area contributed by atoms with E-state index in [4.69, 9.17) is 9.66 Å². The number of nitrogens with zero attached hydrogens (tertiary/aromatic N) is 1. The molecule has 23 heavy (non-hydrogen) atoms. The first-order chi connectivity index (χ1) is 10.9. The maximum atomic E-state index is 11.9. The highest BCUT2D eigenvalue weighted by molar-refractivity contribution is 7.89. The van der Waals surface area contributed by atoms with Crippen molar-refractivity contribution in [3.63, 3.8) is 0 Å². The second-order valence-electron chi connectivity index (χ2n) is 5.58. The number of aromatic nitrogens is 1. The summed E-state index contributed by atoms with van der Waals surface area (Å²) in [5.41, 5.74) is 1.19. The Labute approximate surface area is 133 Å². The molecule has 3 rings (SSSR count). The van der Waals surface area contributed by atoms with Gasteiger partial charge in [-0.15, -0.1) is 0 Å². The van der Waals surface area contributed by atoms with E-state index in [0.29, 0.717) is 18.9 Å².